The first-order valence-corrected chi connectivity index (χ1v) is 13.3. The maximum atomic E-state index is 11.4. The molecule has 1 aliphatic carbocycles. The summed E-state index contributed by atoms with van der Waals surface area (Å²) in [6.07, 6.45) is 6.75. The van der Waals surface area contributed by atoms with Gasteiger partial charge >= 0.3 is 0 Å². The van der Waals surface area contributed by atoms with E-state index in [4.69, 9.17) is 15.6 Å². The molecular weight excluding hydrogens is 478 g/mol. The van der Waals surface area contributed by atoms with Gasteiger partial charge in [0.2, 0.25) is 0 Å². The standard InChI is InChI=1S/C29H33N7O2/c1-34-13-15-35(16-14-34)22-9-11-23(12-10-22)36-29-26(28(30)31-19-32-29)27(33-36)20-6-4-7-24(17-20)38-25-8-3-2-5-21(25)18-37/h2-8,17-19,22-23H,9-16H2,1H3,(H2,30,31,32). The summed E-state index contributed by atoms with van der Waals surface area (Å²) >= 11 is 0. The van der Waals surface area contributed by atoms with E-state index in [1.165, 1.54) is 6.33 Å². The molecule has 38 heavy (non-hydrogen) atoms. The first-order chi connectivity index (χ1) is 18.6. The lowest BCUT2D eigenvalue weighted by Crippen LogP contribution is -2.49. The van der Waals surface area contributed by atoms with Gasteiger partial charge in [-0.3, -0.25) is 9.69 Å². The van der Waals surface area contributed by atoms with Gasteiger partial charge in [-0.1, -0.05) is 24.3 Å². The van der Waals surface area contributed by atoms with Crippen LogP contribution in [0.2, 0.25) is 0 Å². The number of rotatable bonds is 6. The molecule has 2 aliphatic rings. The number of nitrogens with zero attached hydrogens (tertiary/aromatic N) is 6. The van der Waals surface area contributed by atoms with Crippen LogP contribution < -0.4 is 10.5 Å². The van der Waals surface area contributed by atoms with Crippen LogP contribution in [0.4, 0.5) is 5.82 Å². The number of carbonyl (C=O) groups excluding carboxylic acids is 1. The maximum Gasteiger partial charge on any atom is 0.164 e. The van der Waals surface area contributed by atoms with E-state index in [0.717, 1.165) is 80.4 Å². The van der Waals surface area contributed by atoms with Gasteiger partial charge in [0.15, 0.2) is 11.9 Å². The average Bonchev–Trinajstić information content (AvgIpc) is 3.35. The number of anilines is 1. The Hall–Kier alpha value is -3.82. The summed E-state index contributed by atoms with van der Waals surface area (Å²) in [5, 5.41) is 5.84. The van der Waals surface area contributed by atoms with E-state index >= 15 is 0 Å². The molecule has 4 aromatic rings. The Bertz CT molecular complexity index is 1440. The van der Waals surface area contributed by atoms with Gasteiger partial charge in [0.25, 0.3) is 0 Å². The predicted octanol–water partition coefficient (Wildman–Crippen LogP) is 4.41. The number of para-hydroxylation sites is 1. The maximum absolute atomic E-state index is 11.4. The first-order valence-electron chi connectivity index (χ1n) is 13.3. The highest BCUT2D eigenvalue weighted by molar-refractivity contribution is 5.98. The quantitative estimate of drug-likeness (QED) is 0.380. The predicted molar refractivity (Wildman–Crippen MR) is 147 cm³/mol. The molecule has 1 saturated heterocycles. The van der Waals surface area contributed by atoms with Crippen LogP contribution in [0.5, 0.6) is 11.5 Å². The summed E-state index contributed by atoms with van der Waals surface area (Å²) in [6, 6.07) is 15.8. The molecule has 9 heteroatoms. The molecule has 0 spiro atoms. The van der Waals surface area contributed by atoms with Crippen molar-refractivity contribution in [1.82, 2.24) is 29.5 Å². The Morgan fingerprint density at radius 2 is 1.71 bits per heavy atom. The molecule has 196 valence electrons. The van der Waals surface area contributed by atoms with Crippen LogP contribution in [0.25, 0.3) is 22.3 Å². The first kappa shape index (κ1) is 24.5. The number of nitrogen functional groups attached to an aromatic ring is 1. The number of aldehydes is 1. The molecule has 9 nitrogen and oxygen atoms in total. The number of fused-ring (bicyclic) bond motifs is 1. The Morgan fingerprint density at radius 3 is 2.50 bits per heavy atom. The average molecular weight is 512 g/mol. The van der Waals surface area contributed by atoms with E-state index in [0.29, 0.717) is 28.9 Å². The SMILES string of the molecule is CN1CCN(C2CCC(n3nc(-c4cccc(Oc5ccccc5C=O)c4)c4c(N)ncnc43)CC2)CC1. The van der Waals surface area contributed by atoms with Gasteiger partial charge < -0.3 is 15.4 Å². The molecular formula is C29H33N7O2. The Kier molecular flexibility index (Phi) is 6.78. The summed E-state index contributed by atoms with van der Waals surface area (Å²) in [4.78, 5) is 25.4. The van der Waals surface area contributed by atoms with Crippen molar-refractivity contribution in [3.8, 4) is 22.8 Å². The number of piperazine rings is 1. The van der Waals surface area contributed by atoms with E-state index in [2.05, 4.69) is 31.5 Å². The van der Waals surface area contributed by atoms with Crippen molar-refractivity contribution in [1.29, 1.82) is 0 Å². The molecule has 2 fully saturated rings. The zero-order valence-corrected chi connectivity index (χ0v) is 21.7. The minimum atomic E-state index is 0.267. The van der Waals surface area contributed by atoms with Crippen molar-refractivity contribution in [2.45, 2.75) is 37.8 Å². The molecule has 1 saturated carbocycles. The fourth-order valence-electron chi connectivity index (χ4n) is 5.81. The monoisotopic (exact) mass is 511 g/mol. The summed E-state index contributed by atoms with van der Waals surface area (Å²) < 4.78 is 8.14. The van der Waals surface area contributed by atoms with Crippen molar-refractivity contribution < 1.29 is 9.53 Å². The highest BCUT2D eigenvalue weighted by Gasteiger charge is 2.30. The second kappa shape index (κ2) is 10.5. The second-order valence-corrected chi connectivity index (χ2v) is 10.3. The largest absolute Gasteiger partial charge is 0.457 e. The van der Waals surface area contributed by atoms with Crippen molar-refractivity contribution in [3.63, 3.8) is 0 Å². The summed E-state index contributed by atoms with van der Waals surface area (Å²) in [7, 11) is 2.20. The van der Waals surface area contributed by atoms with E-state index in [-0.39, 0.29) is 6.04 Å². The van der Waals surface area contributed by atoms with E-state index in [9.17, 15) is 4.79 Å². The summed E-state index contributed by atoms with van der Waals surface area (Å²) in [6.45, 7) is 4.60. The third-order valence-corrected chi connectivity index (χ3v) is 7.97. The number of ether oxygens (including phenoxy) is 1. The molecule has 0 atom stereocenters. The number of nitrogens with two attached hydrogens (primary N) is 1. The van der Waals surface area contributed by atoms with Crippen LogP contribution >= 0.6 is 0 Å². The zero-order valence-electron chi connectivity index (χ0n) is 21.7. The Balaban J connectivity index is 1.28. The van der Waals surface area contributed by atoms with Gasteiger partial charge in [0, 0.05) is 37.8 Å². The number of aromatic nitrogens is 4. The third kappa shape index (κ3) is 4.75. The van der Waals surface area contributed by atoms with Crippen molar-refractivity contribution in [3.05, 3.63) is 60.4 Å². The number of benzene rings is 2. The molecule has 6 rings (SSSR count). The van der Waals surface area contributed by atoms with E-state index in [1.54, 1.807) is 12.1 Å². The van der Waals surface area contributed by atoms with E-state index in [1.807, 2.05) is 36.4 Å². The van der Waals surface area contributed by atoms with Crippen LogP contribution in [0, 0.1) is 0 Å². The number of hydrogen-bond donors (Lipinski definition) is 1. The van der Waals surface area contributed by atoms with Crippen LogP contribution in [0.1, 0.15) is 42.1 Å². The minimum absolute atomic E-state index is 0.267. The Labute approximate surface area is 222 Å². The van der Waals surface area contributed by atoms with E-state index < -0.39 is 0 Å². The van der Waals surface area contributed by atoms with Crippen LogP contribution in [0.3, 0.4) is 0 Å². The van der Waals surface area contributed by atoms with Crippen LogP contribution in [-0.4, -0.2) is 75.1 Å². The molecule has 0 unspecified atom stereocenters. The number of hydrogen-bond acceptors (Lipinski definition) is 8. The molecule has 0 bridgehead atoms. The Morgan fingerprint density at radius 1 is 0.947 bits per heavy atom. The minimum Gasteiger partial charge on any atom is -0.457 e. The fraction of sp³-hybridized carbons (Fsp3) is 0.379. The highest BCUT2D eigenvalue weighted by Crippen LogP contribution is 2.38. The van der Waals surface area contributed by atoms with Gasteiger partial charge in [-0.05, 0) is 57.0 Å². The van der Waals surface area contributed by atoms with Crippen molar-refractivity contribution in [2.75, 3.05) is 39.0 Å². The number of carbonyl (C=O) groups is 1. The normalized spacial score (nSPS) is 21.0. The molecule has 2 N–H and O–H groups in total. The molecule has 2 aromatic heterocycles. The van der Waals surface area contributed by atoms with Gasteiger partial charge in [-0.25, -0.2) is 14.6 Å². The molecule has 1 aliphatic heterocycles. The van der Waals surface area contributed by atoms with Crippen LogP contribution in [0.15, 0.2) is 54.9 Å². The highest BCUT2D eigenvalue weighted by atomic mass is 16.5. The van der Waals surface area contributed by atoms with Gasteiger partial charge in [-0.2, -0.15) is 5.10 Å². The van der Waals surface area contributed by atoms with Gasteiger partial charge in [-0.15, -0.1) is 0 Å². The van der Waals surface area contributed by atoms with Gasteiger partial charge in [0.05, 0.1) is 17.0 Å². The molecule has 0 amide bonds. The van der Waals surface area contributed by atoms with Gasteiger partial charge in [0.1, 0.15) is 29.3 Å². The zero-order chi connectivity index (χ0) is 26.1. The smallest absolute Gasteiger partial charge is 0.164 e. The summed E-state index contributed by atoms with van der Waals surface area (Å²) in [5.74, 6) is 1.54. The van der Waals surface area contributed by atoms with Crippen LogP contribution in [-0.2, 0) is 0 Å². The molecule has 0 radical (unpaired) electrons. The second-order valence-electron chi connectivity index (χ2n) is 10.3. The summed E-state index contributed by atoms with van der Waals surface area (Å²) in [5.41, 5.74) is 9.26. The molecule has 3 heterocycles. The number of likely N-dealkylation sites (N-methyl/N-ethyl adjacent to an activating group) is 1. The lowest BCUT2D eigenvalue weighted by Gasteiger charge is -2.41. The van der Waals surface area contributed by atoms with Crippen molar-refractivity contribution >= 4 is 23.1 Å². The molecule has 2 aromatic carbocycles. The third-order valence-electron chi connectivity index (χ3n) is 7.97. The lowest BCUT2D eigenvalue weighted by atomic mass is 9.90. The fourth-order valence-corrected chi connectivity index (χ4v) is 5.81. The topological polar surface area (TPSA) is 102 Å². The lowest BCUT2D eigenvalue weighted by molar-refractivity contribution is 0.0815. The van der Waals surface area contributed by atoms with Crippen molar-refractivity contribution in [2.24, 2.45) is 0 Å².